The van der Waals surface area contributed by atoms with Crippen LogP contribution in [0, 0.1) is 12.8 Å². The lowest BCUT2D eigenvalue weighted by atomic mass is 10.1. The van der Waals surface area contributed by atoms with Crippen molar-refractivity contribution >= 4 is 17.7 Å². The predicted octanol–water partition coefficient (Wildman–Crippen LogP) is 2.09. The van der Waals surface area contributed by atoms with Crippen molar-refractivity contribution < 1.29 is 14.3 Å². The van der Waals surface area contributed by atoms with Gasteiger partial charge in [0.2, 0.25) is 5.91 Å². The first-order valence-corrected chi connectivity index (χ1v) is 6.87. The van der Waals surface area contributed by atoms with Gasteiger partial charge in [-0.15, -0.1) is 0 Å². The maximum Gasteiger partial charge on any atom is 0.407 e. The Morgan fingerprint density at radius 3 is 2.75 bits per heavy atom. The van der Waals surface area contributed by atoms with Crippen LogP contribution in [0.2, 0.25) is 0 Å². The summed E-state index contributed by atoms with van der Waals surface area (Å²) in [5.74, 6) is 0.234. The number of aryl methyl sites for hydroxylation is 1. The van der Waals surface area contributed by atoms with Crippen LogP contribution in [0.15, 0.2) is 24.3 Å². The van der Waals surface area contributed by atoms with Crippen LogP contribution >= 0.6 is 0 Å². The van der Waals surface area contributed by atoms with Gasteiger partial charge in [0.05, 0.1) is 6.61 Å². The zero-order valence-corrected chi connectivity index (χ0v) is 11.9. The average Bonchev–Trinajstić information content (AvgIpc) is 2.79. The quantitative estimate of drug-likeness (QED) is 0.916. The van der Waals surface area contributed by atoms with Crippen molar-refractivity contribution in [3.8, 4) is 0 Å². The number of hydrogen-bond acceptors (Lipinski definition) is 3. The van der Waals surface area contributed by atoms with Crippen molar-refractivity contribution in [2.24, 2.45) is 5.92 Å². The minimum absolute atomic E-state index is 0.101. The lowest BCUT2D eigenvalue weighted by molar-refractivity contribution is -0.117. The number of rotatable bonds is 4. The molecule has 1 N–H and O–H groups in total. The molecule has 0 saturated carbocycles. The standard InChI is InChI=1S/C15H20N2O3/c1-3-20-15(19)16-9-12-8-14(18)17(10-12)13-6-4-11(2)5-7-13/h4-7,12H,3,8-10H2,1-2H3,(H,16,19). The summed E-state index contributed by atoms with van der Waals surface area (Å²) in [7, 11) is 0. The lowest BCUT2D eigenvalue weighted by Gasteiger charge is -2.17. The molecule has 1 aromatic rings. The monoisotopic (exact) mass is 276 g/mol. The van der Waals surface area contributed by atoms with Crippen molar-refractivity contribution in [3.05, 3.63) is 29.8 Å². The minimum atomic E-state index is -0.422. The Kier molecular flexibility index (Phi) is 4.61. The molecule has 1 atom stereocenters. The summed E-state index contributed by atoms with van der Waals surface area (Å²) in [4.78, 5) is 25.0. The highest BCUT2D eigenvalue weighted by Gasteiger charge is 2.30. The van der Waals surface area contributed by atoms with Crippen LogP contribution < -0.4 is 10.2 Å². The van der Waals surface area contributed by atoms with E-state index in [9.17, 15) is 9.59 Å². The number of anilines is 1. The van der Waals surface area contributed by atoms with E-state index in [1.165, 1.54) is 5.56 Å². The number of alkyl carbamates (subject to hydrolysis) is 1. The van der Waals surface area contributed by atoms with Gasteiger partial charge >= 0.3 is 6.09 Å². The molecule has 1 aliphatic heterocycles. The number of nitrogens with zero attached hydrogens (tertiary/aromatic N) is 1. The summed E-state index contributed by atoms with van der Waals surface area (Å²) >= 11 is 0. The lowest BCUT2D eigenvalue weighted by Crippen LogP contribution is -2.31. The third-order valence-corrected chi connectivity index (χ3v) is 3.36. The largest absolute Gasteiger partial charge is 0.450 e. The number of benzene rings is 1. The van der Waals surface area contributed by atoms with Crippen LogP contribution in [0.25, 0.3) is 0 Å². The molecule has 2 rings (SSSR count). The van der Waals surface area contributed by atoms with Gasteiger partial charge < -0.3 is 15.0 Å². The molecule has 0 radical (unpaired) electrons. The molecule has 0 spiro atoms. The van der Waals surface area contributed by atoms with Crippen LogP contribution in [-0.2, 0) is 9.53 Å². The summed E-state index contributed by atoms with van der Waals surface area (Å²) in [6.07, 6.45) is 0.0361. The van der Waals surface area contributed by atoms with E-state index in [4.69, 9.17) is 4.74 Å². The molecule has 0 aromatic heterocycles. The van der Waals surface area contributed by atoms with Crippen molar-refractivity contribution in [1.29, 1.82) is 0 Å². The van der Waals surface area contributed by atoms with Crippen molar-refractivity contribution in [1.82, 2.24) is 5.32 Å². The Hall–Kier alpha value is -2.04. The van der Waals surface area contributed by atoms with Crippen LogP contribution in [-0.4, -0.2) is 31.7 Å². The molecule has 1 fully saturated rings. The number of ether oxygens (including phenoxy) is 1. The van der Waals surface area contributed by atoms with Crippen LogP contribution in [0.1, 0.15) is 18.9 Å². The van der Waals surface area contributed by atoms with Gasteiger partial charge in [0, 0.05) is 31.1 Å². The first-order valence-electron chi connectivity index (χ1n) is 6.87. The number of carbonyl (C=O) groups is 2. The van der Waals surface area contributed by atoms with E-state index >= 15 is 0 Å². The normalized spacial score (nSPS) is 18.2. The molecule has 108 valence electrons. The fraction of sp³-hybridized carbons (Fsp3) is 0.467. The number of hydrogen-bond donors (Lipinski definition) is 1. The first-order chi connectivity index (χ1) is 9.60. The molecule has 2 amide bonds. The molecule has 5 nitrogen and oxygen atoms in total. The van der Waals surface area contributed by atoms with E-state index in [1.54, 1.807) is 11.8 Å². The molecule has 5 heteroatoms. The van der Waals surface area contributed by atoms with E-state index in [1.807, 2.05) is 31.2 Å². The number of nitrogens with one attached hydrogen (secondary N) is 1. The SMILES string of the molecule is CCOC(=O)NCC1CC(=O)N(c2ccc(C)cc2)C1. The van der Waals surface area contributed by atoms with Gasteiger partial charge in [-0.05, 0) is 26.0 Å². The average molecular weight is 276 g/mol. The maximum absolute atomic E-state index is 12.0. The Bertz CT molecular complexity index is 484. The smallest absolute Gasteiger partial charge is 0.407 e. The van der Waals surface area contributed by atoms with Gasteiger partial charge in [0.25, 0.3) is 0 Å². The second-order valence-corrected chi connectivity index (χ2v) is 5.01. The second-order valence-electron chi connectivity index (χ2n) is 5.01. The van der Waals surface area contributed by atoms with Gasteiger partial charge in [-0.25, -0.2) is 4.79 Å². The fourth-order valence-corrected chi connectivity index (χ4v) is 2.30. The van der Waals surface area contributed by atoms with E-state index in [2.05, 4.69) is 5.32 Å². The fourth-order valence-electron chi connectivity index (χ4n) is 2.30. The molecule has 20 heavy (non-hydrogen) atoms. The molecule has 1 heterocycles. The Labute approximate surface area is 118 Å². The Morgan fingerprint density at radius 2 is 2.10 bits per heavy atom. The van der Waals surface area contributed by atoms with Gasteiger partial charge in [-0.3, -0.25) is 4.79 Å². The summed E-state index contributed by atoms with van der Waals surface area (Å²) in [6, 6.07) is 7.89. The Morgan fingerprint density at radius 1 is 1.40 bits per heavy atom. The second kappa shape index (κ2) is 6.41. The summed E-state index contributed by atoms with van der Waals surface area (Å²) in [5.41, 5.74) is 2.08. The topological polar surface area (TPSA) is 58.6 Å². The van der Waals surface area contributed by atoms with Crippen LogP contribution in [0.3, 0.4) is 0 Å². The van der Waals surface area contributed by atoms with Crippen molar-refractivity contribution in [2.45, 2.75) is 20.3 Å². The van der Waals surface area contributed by atoms with Gasteiger partial charge in [-0.1, -0.05) is 17.7 Å². The predicted molar refractivity (Wildman–Crippen MR) is 76.7 cm³/mol. The summed E-state index contributed by atoms with van der Waals surface area (Å²) < 4.78 is 4.80. The van der Waals surface area contributed by atoms with Crippen LogP contribution in [0.5, 0.6) is 0 Å². The third kappa shape index (κ3) is 3.50. The molecule has 0 bridgehead atoms. The summed E-state index contributed by atoms with van der Waals surface area (Å²) in [5, 5.41) is 2.69. The van der Waals surface area contributed by atoms with E-state index < -0.39 is 6.09 Å². The third-order valence-electron chi connectivity index (χ3n) is 3.36. The van der Waals surface area contributed by atoms with Gasteiger partial charge in [0.15, 0.2) is 0 Å². The highest BCUT2D eigenvalue weighted by atomic mass is 16.5. The molecule has 1 saturated heterocycles. The zero-order chi connectivity index (χ0) is 14.5. The van der Waals surface area contributed by atoms with Crippen molar-refractivity contribution in [2.75, 3.05) is 24.6 Å². The molecule has 1 aromatic carbocycles. The summed E-state index contributed by atoms with van der Waals surface area (Å²) in [6.45, 7) is 5.23. The highest BCUT2D eigenvalue weighted by Crippen LogP contribution is 2.24. The molecule has 1 unspecified atom stereocenters. The maximum atomic E-state index is 12.0. The minimum Gasteiger partial charge on any atom is -0.450 e. The molecule has 1 aliphatic rings. The van der Waals surface area contributed by atoms with Gasteiger partial charge in [-0.2, -0.15) is 0 Å². The van der Waals surface area contributed by atoms with E-state index in [0.717, 1.165) is 5.69 Å². The first kappa shape index (κ1) is 14.4. The molecular weight excluding hydrogens is 256 g/mol. The van der Waals surface area contributed by atoms with E-state index in [0.29, 0.717) is 26.1 Å². The van der Waals surface area contributed by atoms with Crippen LogP contribution in [0.4, 0.5) is 10.5 Å². The van der Waals surface area contributed by atoms with Gasteiger partial charge in [0.1, 0.15) is 0 Å². The van der Waals surface area contributed by atoms with E-state index in [-0.39, 0.29) is 11.8 Å². The molecule has 0 aliphatic carbocycles. The van der Waals surface area contributed by atoms with Crippen molar-refractivity contribution in [3.63, 3.8) is 0 Å². The molecular formula is C15H20N2O3. The Balaban J connectivity index is 1.90. The number of carbonyl (C=O) groups excluding carboxylic acids is 2. The number of amides is 2. The zero-order valence-electron chi connectivity index (χ0n) is 11.9. The highest BCUT2D eigenvalue weighted by molar-refractivity contribution is 5.95.